The molecule has 0 saturated heterocycles. The van der Waals surface area contributed by atoms with Crippen LogP contribution in [0.15, 0.2) is 55.0 Å². The molecule has 0 saturated carbocycles. The monoisotopic (exact) mass is 413 g/mol. The van der Waals surface area contributed by atoms with Gasteiger partial charge in [-0.25, -0.2) is 9.97 Å². The number of H-pyrrole nitrogens is 2. The molecule has 0 fully saturated rings. The third-order valence-electron chi connectivity index (χ3n) is 5.27. The highest BCUT2D eigenvalue weighted by Crippen LogP contribution is 2.29. The van der Waals surface area contributed by atoms with Gasteiger partial charge in [-0.3, -0.25) is 10.1 Å². The van der Waals surface area contributed by atoms with E-state index in [1.807, 2.05) is 36.4 Å². The zero-order chi connectivity index (χ0) is 21.2. The largest absolute Gasteiger partial charge is 0.374 e. The quantitative estimate of drug-likeness (QED) is 0.292. The Hall–Kier alpha value is -3.78. The Kier molecular flexibility index (Phi) is 5.05. The number of para-hydroxylation sites is 2. The summed E-state index contributed by atoms with van der Waals surface area (Å²) in [5.74, 6) is 0.694. The van der Waals surface area contributed by atoms with E-state index in [4.69, 9.17) is 0 Å². The molecule has 0 aliphatic rings. The Morgan fingerprint density at radius 1 is 1.10 bits per heavy atom. The minimum Gasteiger partial charge on any atom is -0.374 e. The molecule has 0 aliphatic carbocycles. The van der Waals surface area contributed by atoms with Crippen LogP contribution in [0.2, 0.25) is 0 Å². The summed E-state index contributed by atoms with van der Waals surface area (Å²) in [5.41, 5.74) is 5.84. The van der Waals surface area contributed by atoms with Gasteiger partial charge < -0.3 is 15.4 Å². The van der Waals surface area contributed by atoms with E-state index >= 15 is 0 Å². The summed E-state index contributed by atoms with van der Waals surface area (Å²) in [6.07, 6.45) is 7.40. The lowest BCUT2D eigenvalue weighted by Crippen LogP contribution is -2.18. The molecule has 0 amide bonds. The predicted molar refractivity (Wildman–Crippen MR) is 121 cm³/mol. The standard InChI is InChI=1S/C23H23N7O/c1-2-3-8-20(31)26-16-9-14(11-24-13-16)15-10-17-21(29-30-22(17)25-12-15)23-27-18-6-4-5-7-19(18)28-23/h4-7,9-13,20,26,31H,2-3,8H2,1H3,(H,27,28)(H,25,29,30). The summed E-state index contributed by atoms with van der Waals surface area (Å²) in [4.78, 5) is 16.8. The van der Waals surface area contributed by atoms with Crippen molar-refractivity contribution in [3.63, 3.8) is 0 Å². The third-order valence-corrected chi connectivity index (χ3v) is 5.27. The second kappa shape index (κ2) is 8.16. The average Bonchev–Trinajstić information content (AvgIpc) is 3.41. The topological polar surface area (TPSA) is 115 Å². The number of hydrogen-bond donors (Lipinski definition) is 4. The van der Waals surface area contributed by atoms with Crippen molar-refractivity contribution in [3.8, 4) is 22.6 Å². The van der Waals surface area contributed by atoms with Crippen LogP contribution in [0, 0.1) is 0 Å². The number of rotatable bonds is 7. The molecule has 5 rings (SSSR count). The van der Waals surface area contributed by atoms with Crippen molar-refractivity contribution >= 4 is 27.8 Å². The highest BCUT2D eigenvalue weighted by Gasteiger charge is 2.15. The Labute approximate surface area is 178 Å². The van der Waals surface area contributed by atoms with Gasteiger partial charge in [0.05, 0.1) is 28.3 Å². The van der Waals surface area contributed by atoms with Gasteiger partial charge in [0.15, 0.2) is 11.5 Å². The van der Waals surface area contributed by atoms with Crippen molar-refractivity contribution in [1.82, 2.24) is 30.1 Å². The Morgan fingerprint density at radius 3 is 2.84 bits per heavy atom. The number of aromatic nitrogens is 6. The lowest BCUT2D eigenvalue weighted by molar-refractivity contribution is 0.190. The number of aliphatic hydroxyl groups is 1. The van der Waals surface area contributed by atoms with Crippen LogP contribution in [-0.4, -0.2) is 41.5 Å². The minimum atomic E-state index is -0.592. The van der Waals surface area contributed by atoms with Gasteiger partial charge in [0, 0.05) is 23.5 Å². The number of unbranched alkanes of at least 4 members (excludes halogenated alkanes) is 1. The van der Waals surface area contributed by atoms with Crippen molar-refractivity contribution in [2.75, 3.05) is 5.32 Å². The van der Waals surface area contributed by atoms with E-state index in [0.717, 1.165) is 51.8 Å². The van der Waals surface area contributed by atoms with Crippen molar-refractivity contribution in [1.29, 1.82) is 0 Å². The van der Waals surface area contributed by atoms with Gasteiger partial charge in [-0.2, -0.15) is 5.10 Å². The third kappa shape index (κ3) is 3.85. The van der Waals surface area contributed by atoms with Crippen LogP contribution >= 0.6 is 0 Å². The SMILES string of the molecule is CCCCC(O)Nc1cncc(-c2cnc3[nH]nc(-c4nc5ccccc5[nH]4)c3c2)c1. The number of imidazole rings is 1. The van der Waals surface area contributed by atoms with E-state index in [2.05, 4.69) is 42.4 Å². The van der Waals surface area contributed by atoms with Crippen molar-refractivity contribution in [2.24, 2.45) is 0 Å². The summed E-state index contributed by atoms with van der Waals surface area (Å²) < 4.78 is 0. The second-order valence-electron chi connectivity index (χ2n) is 7.56. The van der Waals surface area contributed by atoms with Crippen molar-refractivity contribution in [2.45, 2.75) is 32.4 Å². The van der Waals surface area contributed by atoms with E-state index in [9.17, 15) is 5.11 Å². The fourth-order valence-corrected chi connectivity index (χ4v) is 3.65. The molecule has 8 heteroatoms. The van der Waals surface area contributed by atoms with Crippen LogP contribution < -0.4 is 5.32 Å². The molecule has 31 heavy (non-hydrogen) atoms. The Bertz CT molecular complexity index is 1310. The molecule has 8 nitrogen and oxygen atoms in total. The number of hydrogen-bond acceptors (Lipinski definition) is 6. The highest BCUT2D eigenvalue weighted by molar-refractivity contribution is 5.93. The molecular weight excluding hydrogens is 390 g/mol. The van der Waals surface area contributed by atoms with Gasteiger partial charge in [-0.1, -0.05) is 25.5 Å². The Balaban J connectivity index is 1.49. The predicted octanol–water partition coefficient (Wildman–Crippen LogP) is 4.48. The molecule has 0 aliphatic heterocycles. The smallest absolute Gasteiger partial charge is 0.159 e. The second-order valence-corrected chi connectivity index (χ2v) is 7.56. The molecule has 1 atom stereocenters. The molecule has 1 unspecified atom stereocenters. The van der Waals surface area contributed by atoms with Crippen LogP contribution in [0.5, 0.6) is 0 Å². The summed E-state index contributed by atoms with van der Waals surface area (Å²) in [6.45, 7) is 2.10. The molecule has 156 valence electrons. The van der Waals surface area contributed by atoms with Gasteiger partial charge in [0.25, 0.3) is 0 Å². The fraction of sp³-hybridized carbons (Fsp3) is 0.217. The van der Waals surface area contributed by atoms with Crippen LogP contribution in [0.3, 0.4) is 0 Å². The summed E-state index contributed by atoms with van der Waals surface area (Å²) in [5, 5.41) is 21.6. The summed E-state index contributed by atoms with van der Waals surface area (Å²) in [7, 11) is 0. The molecule has 4 heterocycles. The fourth-order valence-electron chi connectivity index (χ4n) is 3.65. The van der Waals surface area contributed by atoms with E-state index in [0.29, 0.717) is 17.9 Å². The average molecular weight is 413 g/mol. The van der Waals surface area contributed by atoms with Gasteiger partial charge >= 0.3 is 0 Å². The number of pyridine rings is 2. The first-order valence-corrected chi connectivity index (χ1v) is 10.4. The molecule has 5 aromatic rings. The van der Waals surface area contributed by atoms with Crippen molar-refractivity contribution in [3.05, 3.63) is 55.0 Å². The van der Waals surface area contributed by atoms with Gasteiger partial charge in [0.2, 0.25) is 0 Å². The van der Waals surface area contributed by atoms with Crippen LogP contribution in [0.1, 0.15) is 26.2 Å². The van der Waals surface area contributed by atoms with Gasteiger partial charge in [-0.05, 0) is 37.1 Å². The number of nitrogens with zero attached hydrogens (tertiary/aromatic N) is 4. The maximum absolute atomic E-state index is 10.2. The normalized spacial score (nSPS) is 12.5. The first-order valence-electron chi connectivity index (χ1n) is 10.4. The number of anilines is 1. The Morgan fingerprint density at radius 2 is 1.97 bits per heavy atom. The molecule has 0 spiro atoms. The van der Waals surface area contributed by atoms with Crippen molar-refractivity contribution < 1.29 is 5.11 Å². The van der Waals surface area contributed by atoms with Gasteiger partial charge in [-0.15, -0.1) is 0 Å². The first kappa shape index (κ1) is 19.2. The summed E-state index contributed by atoms with van der Waals surface area (Å²) in [6, 6.07) is 11.9. The maximum atomic E-state index is 10.2. The van der Waals surface area contributed by atoms with Gasteiger partial charge in [0.1, 0.15) is 11.9 Å². The summed E-state index contributed by atoms with van der Waals surface area (Å²) >= 11 is 0. The molecular formula is C23H23N7O. The molecule has 1 aromatic carbocycles. The number of nitrogens with one attached hydrogen (secondary N) is 3. The highest BCUT2D eigenvalue weighted by atomic mass is 16.3. The van der Waals surface area contributed by atoms with Crippen LogP contribution in [0.4, 0.5) is 5.69 Å². The van der Waals surface area contributed by atoms with E-state index in [1.165, 1.54) is 0 Å². The van der Waals surface area contributed by atoms with E-state index in [1.54, 1.807) is 18.6 Å². The zero-order valence-corrected chi connectivity index (χ0v) is 17.1. The number of aliphatic hydroxyl groups excluding tert-OH is 1. The minimum absolute atomic E-state index is 0.592. The van der Waals surface area contributed by atoms with E-state index < -0.39 is 6.23 Å². The molecule has 0 radical (unpaired) electrons. The van der Waals surface area contributed by atoms with Crippen LogP contribution in [0.25, 0.3) is 44.7 Å². The van der Waals surface area contributed by atoms with E-state index in [-0.39, 0.29) is 0 Å². The zero-order valence-electron chi connectivity index (χ0n) is 17.1. The lowest BCUT2D eigenvalue weighted by atomic mass is 10.1. The molecule has 0 bridgehead atoms. The maximum Gasteiger partial charge on any atom is 0.159 e. The first-order chi connectivity index (χ1) is 15.2. The molecule has 4 aromatic heterocycles. The molecule has 4 N–H and O–H groups in total. The number of aromatic amines is 2. The number of benzene rings is 1. The lowest BCUT2D eigenvalue weighted by Gasteiger charge is -2.14. The number of fused-ring (bicyclic) bond motifs is 2. The van der Waals surface area contributed by atoms with Crippen LogP contribution in [-0.2, 0) is 0 Å².